The van der Waals surface area contributed by atoms with E-state index < -0.39 is 5.41 Å². The van der Waals surface area contributed by atoms with Gasteiger partial charge in [0.05, 0.1) is 16.8 Å². The number of H-pyrrole nitrogens is 1. The number of hydrogen-bond donors (Lipinski definition) is 1. The van der Waals surface area contributed by atoms with Gasteiger partial charge in [0.2, 0.25) is 0 Å². The molecule has 258 valence electrons. The minimum atomic E-state index is -0.652. The van der Waals surface area contributed by atoms with Crippen LogP contribution in [0.15, 0.2) is 146 Å². The van der Waals surface area contributed by atoms with Crippen LogP contribution in [-0.4, -0.2) is 15.2 Å². The molecular weight excluding hydrogens is 633 g/mol. The summed E-state index contributed by atoms with van der Waals surface area (Å²) in [6.07, 6.45) is 1.94. The Morgan fingerprint density at radius 1 is 0.558 bits per heavy atom. The Labute approximate surface area is 308 Å². The van der Waals surface area contributed by atoms with Crippen LogP contribution in [0.4, 0.5) is 17.1 Å². The molecule has 2 heterocycles. The van der Waals surface area contributed by atoms with E-state index in [9.17, 15) is 0 Å². The van der Waals surface area contributed by atoms with Gasteiger partial charge in [0.1, 0.15) is 0 Å². The van der Waals surface area contributed by atoms with Crippen molar-refractivity contribution in [1.82, 2.24) is 15.2 Å². The number of para-hydroxylation sites is 1. The van der Waals surface area contributed by atoms with E-state index in [2.05, 4.69) is 190 Å². The number of nitrogens with one attached hydrogen (secondary N) is 1. The molecule has 0 fully saturated rings. The topological polar surface area (TPSA) is 44.8 Å². The van der Waals surface area contributed by atoms with E-state index in [0.29, 0.717) is 0 Å². The first-order valence-corrected chi connectivity index (χ1v) is 18.2. The fourth-order valence-electron chi connectivity index (χ4n) is 7.85. The second-order valence-electron chi connectivity index (χ2n) is 16.2. The van der Waals surface area contributed by atoms with E-state index in [0.717, 1.165) is 39.7 Å². The third-order valence-electron chi connectivity index (χ3n) is 10.6. The van der Waals surface area contributed by atoms with Crippen molar-refractivity contribution < 1.29 is 0 Å². The van der Waals surface area contributed by atoms with E-state index in [4.69, 9.17) is 4.98 Å². The van der Waals surface area contributed by atoms with Crippen LogP contribution < -0.4 is 4.90 Å². The molecule has 0 atom stereocenters. The summed E-state index contributed by atoms with van der Waals surface area (Å²) in [4.78, 5) is 7.56. The molecule has 0 radical (unpaired) electrons. The highest BCUT2D eigenvalue weighted by molar-refractivity contribution is 5.88. The van der Waals surface area contributed by atoms with Gasteiger partial charge in [-0.2, -0.15) is 5.10 Å². The number of hydrogen-bond acceptors (Lipinski definition) is 3. The predicted molar refractivity (Wildman–Crippen MR) is 216 cm³/mol. The van der Waals surface area contributed by atoms with Crippen LogP contribution in [0, 0.1) is 6.92 Å². The maximum Gasteiger partial charge on any atom is 0.0924 e. The Hall–Kier alpha value is -5.74. The molecule has 0 spiro atoms. The molecular formula is C48H46N4. The lowest BCUT2D eigenvalue weighted by molar-refractivity contribution is 0.585. The summed E-state index contributed by atoms with van der Waals surface area (Å²) in [7, 11) is 0. The Morgan fingerprint density at radius 2 is 1.15 bits per heavy atom. The van der Waals surface area contributed by atoms with Crippen molar-refractivity contribution in [3.8, 4) is 22.4 Å². The maximum absolute atomic E-state index is 5.21. The zero-order valence-electron chi connectivity index (χ0n) is 31.2. The van der Waals surface area contributed by atoms with Crippen LogP contribution in [0.25, 0.3) is 22.4 Å². The zero-order chi connectivity index (χ0) is 36.3. The molecule has 8 rings (SSSR count). The van der Waals surface area contributed by atoms with Crippen LogP contribution in [0.2, 0.25) is 0 Å². The number of aromatic amines is 1. The summed E-state index contributed by atoms with van der Waals surface area (Å²) in [5.74, 6) is 0. The number of aryl methyl sites for hydroxylation is 1. The molecule has 4 heteroatoms. The van der Waals surface area contributed by atoms with Crippen LogP contribution in [0.5, 0.6) is 0 Å². The molecule has 0 unspecified atom stereocenters. The van der Waals surface area contributed by atoms with Gasteiger partial charge in [-0.25, -0.2) is 0 Å². The molecule has 7 aromatic rings. The number of nitrogens with zero attached hydrogens (tertiary/aromatic N) is 3. The first kappa shape index (κ1) is 33.4. The molecule has 0 aliphatic heterocycles. The summed E-state index contributed by atoms with van der Waals surface area (Å²) in [5.41, 5.74) is 15.4. The van der Waals surface area contributed by atoms with Crippen LogP contribution in [0.1, 0.15) is 80.7 Å². The molecule has 1 aliphatic rings. The van der Waals surface area contributed by atoms with Crippen molar-refractivity contribution in [1.29, 1.82) is 0 Å². The fourth-order valence-corrected chi connectivity index (χ4v) is 7.85. The largest absolute Gasteiger partial charge is 0.310 e. The second kappa shape index (κ2) is 12.5. The van der Waals surface area contributed by atoms with Gasteiger partial charge in [-0.1, -0.05) is 126 Å². The quantitative estimate of drug-likeness (QED) is 0.190. The van der Waals surface area contributed by atoms with Crippen LogP contribution in [-0.2, 0) is 16.2 Å². The molecule has 0 amide bonds. The molecule has 5 aromatic carbocycles. The average molecular weight is 679 g/mol. The number of rotatable bonds is 6. The van der Waals surface area contributed by atoms with Crippen LogP contribution >= 0.6 is 0 Å². The molecule has 0 saturated heterocycles. The monoisotopic (exact) mass is 678 g/mol. The highest BCUT2D eigenvalue weighted by Crippen LogP contribution is 2.57. The minimum absolute atomic E-state index is 0.0277. The summed E-state index contributed by atoms with van der Waals surface area (Å²) in [5, 5.41) is 7.69. The molecule has 4 nitrogen and oxygen atoms in total. The lowest BCUT2D eigenvalue weighted by Crippen LogP contribution is -2.31. The molecule has 0 saturated carbocycles. The number of pyridine rings is 1. The van der Waals surface area contributed by atoms with Gasteiger partial charge in [-0.3, -0.25) is 10.1 Å². The normalized spacial score (nSPS) is 13.4. The minimum Gasteiger partial charge on any atom is -0.310 e. The summed E-state index contributed by atoms with van der Waals surface area (Å²) in [6.45, 7) is 15.8. The van der Waals surface area contributed by atoms with E-state index in [1.165, 1.54) is 38.9 Å². The lowest BCUT2D eigenvalue weighted by atomic mass is 9.68. The first-order valence-electron chi connectivity index (χ1n) is 18.2. The van der Waals surface area contributed by atoms with E-state index in [1.807, 2.05) is 19.2 Å². The zero-order valence-corrected chi connectivity index (χ0v) is 31.2. The first-order chi connectivity index (χ1) is 24.9. The Kier molecular flexibility index (Phi) is 8.02. The molecule has 0 bridgehead atoms. The van der Waals surface area contributed by atoms with Gasteiger partial charge in [-0.15, -0.1) is 0 Å². The van der Waals surface area contributed by atoms with Gasteiger partial charge in [0.25, 0.3) is 0 Å². The van der Waals surface area contributed by atoms with Crippen molar-refractivity contribution in [3.05, 3.63) is 185 Å². The summed E-state index contributed by atoms with van der Waals surface area (Å²) in [6, 6.07) is 51.1. The Balaban J connectivity index is 1.42. The average Bonchev–Trinajstić information content (AvgIpc) is 3.71. The number of benzene rings is 5. The summed E-state index contributed by atoms with van der Waals surface area (Å²) < 4.78 is 0. The lowest BCUT2D eigenvalue weighted by Gasteiger charge is -2.35. The summed E-state index contributed by atoms with van der Waals surface area (Å²) >= 11 is 0. The van der Waals surface area contributed by atoms with Crippen molar-refractivity contribution >= 4 is 17.1 Å². The second-order valence-corrected chi connectivity index (χ2v) is 16.2. The Morgan fingerprint density at radius 3 is 1.73 bits per heavy atom. The van der Waals surface area contributed by atoms with E-state index in [1.54, 1.807) is 0 Å². The Bertz CT molecular complexity index is 2330. The van der Waals surface area contributed by atoms with Gasteiger partial charge in [-0.05, 0) is 111 Å². The molecule has 2 aromatic heterocycles. The van der Waals surface area contributed by atoms with Crippen molar-refractivity contribution in [2.75, 3.05) is 4.90 Å². The molecule has 52 heavy (non-hydrogen) atoms. The van der Waals surface area contributed by atoms with Crippen LogP contribution in [0.3, 0.4) is 0 Å². The van der Waals surface area contributed by atoms with E-state index in [-0.39, 0.29) is 10.8 Å². The van der Waals surface area contributed by atoms with Gasteiger partial charge in [0, 0.05) is 34.5 Å². The fraction of sp³-hybridized carbons (Fsp3) is 0.208. The third-order valence-corrected chi connectivity index (χ3v) is 10.6. The molecule has 1 aliphatic carbocycles. The standard InChI is InChI=1S/C48H46N4/c1-32-27-44(51-50-32)33-15-13-19-38(28-33)52(37-17-9-8-10-18-37)39-20-14-16-36(29-39)48(45-21-11-12-26-49-45)42-30-34(46(2,3)4)22-24-40(42)41-25-23-35(31-43(41)48)47(5,6)7/h8-31H,1-7H3,(H,50,51). The van der Waals surface area contributed by atoms with Gasteiger partial charge < -0.3 is 4.90 Å². The molecule has 1 N–H and O–H groups in total. The van der Waals surface area contributed by atoms with Crippen molar-refractivity contribution in [2.45, 2.75) is 64.7 Å². The number of aromatic nitrogens is 3. The van der Waals surface area contributed by atoms with E-state index >= 15 is 0 Å². The number of fused-ring (bicyclic) bond motifs is 3. The van der Waals surface area contributed by atoms with Crippen molar-refractivity contribution in [2.24, 2.45) is 0 Å². The van der Waals surface area contributed by atoms with Gasteiger partial charge in [0.15, 0.2) is 0 Å². The number of anilines is 3. The SMILES string of the molecule is Cc1cc(-c2cccc(N(c3ccccc3)c3cccc(C4(c5ccccn5)c5cc(C(C)(C)C)ccc5-c5ccc(C(C)(C)C)cc54)c3)c2)n[nH]1. The maximum atomic E-state index is 5.21. The third kappa shape index (κ3) is 5.63. The predicted octanol–water partition coefficient (Wildman–Crippen LogP) is 12.2. The van der Waals surface area contributed by atoms with Crippen molar-refractivity contribution in [3.63, 3.8) is 0 Å². The highest BCUT2D eigenvalue weighted by Gasteiger charge is 2.48. The highest BCUT2D eigenvalue weighted by atomic mass is 15.1. The van der Waals surface area contributed by atoms with Gasteiger partial charge >= 0.3 is 0 Å². The smallest absolute Gasteiger partial charge is 0.0924 e.